The molecular weight excluding hydrogens is 349 g/mol. The van der Waals surface area contributed by atoms with E-state index in [9.17, 15) is 4.79 Å². The van der Waals surface area contributed by atoms with Crippen LogP contribution in [0.2, 0.25) is 5.02 Å². The third kappa shape index (κ3) is 3.65. The molecule has 1 unspecified atom stereocenters. The third-order valence-corrected chi connectivity index (χ3v) is 5.02. The molecule has 2 nitrogen and oxygen atoms in total. The van der Waals surface area contributed by atoms with E-state index in [0.717, 1.165) is 36.8 Å². The van der Waals surface area contributed by atoms with Gasteiger partial charge in [0.25, 0.3) is 5.91 Å². The lowest BCUT2D eigenvalue weighted by Gasteiger charge is -2.32. The van der Waals surface area contributed by atoms with Gasteiger partial charge in [-0.15, -0.1) is 11.6 Å². The minimum atomic E-state index is 0.0190. The Balaban J connectivity index is 2.12. The maximum absolute atomic E-state index is 12.5. The summed E-state index contributed by atoms with van der Waals surface area (Å²) in [6.45, 7) is 1.59. The second-order valence-corrected chi connectivity index (χ2v) is 6.45. The van der Waals surface area contributed by atoms with E-state index in [4.69, 9.17) is 23.2 Å². The Labute approximate surface area is 132 Å². The summed E-state index contributed by atoms with van der Waals surface area (Å²) in [7, 11) is 0. The van der Waals surface area contributed by atoms with E-state index in [0.29, 0.717) is 22.4 Å². The Morgan fingerprint density at radius 3 is 3.00 bits per heavy atom. The summed E-state index contributed by atoms with van der Waals surface area (Å²) >= 11 is 15.3. The molecule has 1 saturated heterocycles. The minimum Gasteiger partial charge on any atom is -0.338 e. The van der Waals surface area contributed by atoms with E-state index < -0.39 is 0 Å². The number of carbonyl (C=O) groups excluding carboxylic acids is 1. The molecule has 1 aromatic carbocycles. The molecule has 2 rings (SSSR count). The highest BCUT2D eigenvalue weighted by Crippen LogP contribution is 2.28. The van der Waals surface area contributed by atoms with Gasteiger partial charge in [-0.05, 0) is 53.2 Å². The van der Waals surface area contributed by atoms with Crippen molar-refractivity contribution in [2.24, 2.45) is 5.92 Å². The second kappa shape index (κ2) is 6.96. The van der Waals surface area contributed by atoms with E-state index >= 15 is 0 Å². The first-order chi connectivity index (χ1) is 9.13. The molecule has 104 valence electrons. The molecule has 0 N–H and O–H groups in total. The van der Waals surface area contributed by atoms with Gasteiger partial charge in [0.05, 0.1) is 10.6 Å². The van der Waals surface area contributed by atoms with Crippen LogP contribution in [0.3, 0.4) is 0 Å². The van der Waals surface area contributed by atoms with Crippen molar-refractivity contribution in [3.8, 4) is 0 Å². The Hall–Kier alpha value is -0.250. The van der Waals surface area contributed by atoms with Gasteiger partial charge in [-0.25, -0.2) is 0 Å². The van der Waals surface area contributed by atoms with E-state index in [2.05, 4.69) is 15.9 Å². The van der Waals surface area contributed by atoms with Gasteiger partial charge in [0.15, 0.2) is 0 Å². The van der Waals surface area contributed by atoms with Gasteiger partial charge in [0, 0.05) is 23.4 Å². The molecule has 1 aromatic rings. The molecule has 0 radical (unpaired) electrons. The van der Waals surface area contributed by atoms with Crippen LogP contribution >= 0.6 is 39.1 Å². The monoisotopic (exact) mass is 363 g/mol. The minimum absolute atomic E-state index is 0.0190. The Morgan fingerprint density at radius 1 is 1.47 bits per heavy atom. The first kappa shape index (κ1) is 15.1. The molecule has 0 aliphatic carbocycles. The molecule has 1 fully saturated rings. The molecule has 19 heavy (non-hydrogen) atoms. The zero-order chi connectivity index (χ0) is 13.8. The van der Waals surface area contributed by atoms with Crippen molar-refractivity contribution < 1.29 is 4.79 Å². The standard InChI is InChI=1S/C14H16BrCl2NO/c15-12-5-1-4-11(13(12)17)14(19)18-8-2-3-10(9-18)6-7-16/h1,4-5,10H,2-3,6-9H2. The SMILES string of the molecule is O=C(c1cccc(Br)c1Cl)N1CCCC(CCCl)C1. The van der Waals surface area contributed by atoms with Crippen molar-refractivity contribution in [2.75, 3.05) is 19.0 Å². The van der Waals surface area contributed by atoms with Gasteiger partial charge in [-0.3, -0.25) is 4.79 Å². The molecule has 5 heteroatoms. The number of halogens is 3. The normalized spacial score (nSPS) is 19.5. The van der Waals surface area contributed by atoms with Crippen LogP contribution < -0.4 is 0 Å². The number of hydrogen-bond donors (Lipinski definition) is 0. The fourth-order valence-electron chi connectivity index (χ4n) is 2.48. The molecule has 0 aromatic heterocycles. The lowest BCUT2D eigenvalue weighted by molar-refractivity contribution is 0.0671. The number of piperidine rings is 1. The summed E-state index contributed by atoms with van der Waals surface area (Å²) in [5, 5.41) is 0.493. The predicted molar refractivity (Wildman–Crippen MR) is 83.1 cm³/mol. The molecule has 0 spiro atoms. The van der Waals surface area contributed by atoms with Crippen LogP contribution in [0.4, 0.5) is 0 Å². The first-order valence-corrected chi connectivity index (χ1v) is 8.13. The average Bonchev–Trinajstić information content (AvgIpc) is 2.42. The van der Waals surface area contributed by atoms with Crippen molar-refractivity contribution in [3.63, 3.8) is 0 Å². The molecule has 1 atom stereocenters. The maximum Gasteiger partial charge on any atom is 0.255 e. The summed E-state index contributed by atoms with van der Waals surface area (Å²) in [6.07, 6.45) is 3.17. The predicted octanol–water partition coefficient (Wildman–Crippen LogP) is 4.58. The number of hydrogen-bond acceptors (Lipinski definition) is 1. The number of nitrogens with zero attached hydrogens (tertiary/aromatic N) is 1. The second-order valence-electron chi connectivity index (χ2n) is 4.84. The maximum atomic E-state index is 12.5. The van der Waals surface area contributed by atoms with Crippen molar-refractivity contribution in [1.29, 1.82) is 0 Å². The summed E-state index contributed by atoms with van der Waals surface area (Å²) in [5.41, 5.74) is 0.572. The first-order valence-electron chi connectivity index (χ1n) is 6.42. The van der Waals surface area contributed by atoms with Crippen molar-refractivity contribution >= 4 is 45.0 Å². The van der Waals surface area contributed by atoms with Crippen molar-refractivity contribution in [1.82, 2.24) is 4.90 Å². The number of amides is 1. The molecule has 0 bridgehead atoms. The van der Waals surface area contributed by atoms with E-state index in [1.165, 1.54) is 0 Å². The fourth-order valence-corrected chi connectivity index (χ4v) is 3.36. The van der Waals surface area contributed by atoms with Crippen LogP contribution in [0.15, 0.2) is 22.7 Å². The van der Waals surface area contributed by atoms with Gasteiger partial charge in [-0.1, -0.05) is 17.7 Å². The molecule has 0 saturated carbocycles. The highest BCUT2D eigenvalue weighted by Gasteiger charge is 2.25. The smallest absolute Gasteiger partial charge is 0.255 e. The van der Waals surface area contributed by atoms with Crippen LogP contribution in [0, 0.1) is 5.92 Å². The number of carbonyl (C=O) groups is 1. The Kier molecular flexibility index (Phi) is 5.55. The molecule has 1 aliphatic rings. The van der Waals surface area contributed by atoms with Crippen LogP contribution in [-0.2, 0) is 0 Å². The topological polar surface area (TPSA) is 20.3 Å². The summed E-state index contributed by atoms with van der Waals surface area (Å²) < 4.78 is 0.759. The van der Waals surface area contributed by atoms with Crippen LogP contribution in [0.1, 0.15) is 29.6 Å². The zero-order valence-electron chi connectivity index (χ0n) is 10.5. The molecule has 1 aliphatic heterocycles. The van der Waals surface area contributed by atoms with Gasteiger partial charge in [-0.2, -0.15) is 0 Å². The van der Waals surface area contributed by atoms with Gasteiger partial charge in [0.1, 0.15) is 0 Å². The largest absolute Gasteiger partial charge is 0.338 e. The number of likely N-dealkylation sites (tertiary alicyclic amines) is 1. The highest BCUT2D eigenvalue weighted by molar-refractivity contribution is 9.10. The quantitative estimate of drug-likeness (QED) is 0.718. The fraction of sp³-hybridized carbons (Fsp3) is 0.500. The average molecular weight is 365 g/mol. The summed E-state index contributed by atoms with van der Waals surface area (Å²) in [6, 6.07) is 5.45. The number of alkyl halides is 1. The van der Waals surface area contributed by atoms with E-state index in [-0.39, 0.29) is 5.91 Å². The van der Waals surface area contributed by atoms with E-state index in [1.807, 2.05) is 17.0 Å². The number of rotatable bonds is 3. The van der Waals surface area contributed by atoms with E-state index in [1.54, 1.807) is 6.07 Å². The van der Waals surface area contributed by atoms with Gasteiger partial charge >= 0.3 is 0 Å². The van der Waals surface area contributed by atoms with Gasteiger partial charge in [0.2, 0.25) is 0 Å². The van der Waals surface area contributed by atoms with Crippen LogP contribution in [0.5, 0.6) is 0 Å². The van der Waals surface area contributed by atoms with Gasteiger partial charge < -0.3 is 4.90 Å². The lowest BCUT2D eigenvalue weighted by Crippen LogP contribution is -2.40. The lowest BCUT2D eigenvalue weighted by atomic mass is 9.95. The van der Waals surface area contributed by atoms with Crippen LogP contribution in [-0.4, -0.2) is 29.8 Å². The van der Waals surface area contributed by atoms with Crippen LogP contribution in [0.25, 0.3) is 0 Å². The summed E-state index contributed by atoms with van der Waals surface area (Å²) in [5.74, 6) is 1.19. The molecular formula is C14H16BrCl2NO. The van der Waals surface area contributed by atoms with Crippen molar-refractivity contribution in [2.45, 2.75) is 19.3 Å². The van der Waals surface area contributed by atoms with Crippen molar-refractivity contribution in [3.05, 3.63) is 33.3 Å². The highest BCUT2D eigenvalue weighted by atomic mass is 79.9. The Morgan fingerprint density at radius 2 is 2.26 bits per heavy atom. The zero-order valence-corrected chi connectivity index (χ0v) is 13.6. The number of benzene rings is 1. The third-order valence-electron chi connectivity index (χ3n) is 3.51. The molecule has 1 heterocycles. The molecule has 1 amide bonds. The Bertz CT molecular complexity index is 465. The summed E-state index contributed by atoms with van der Waals surface area (Å²) in [4.78, 5) is 14.4.